The number of allylic oxidation sites excluding steroid dienone is 1. The molecule has 0 fully saturated rings. The molecule has 0 amide bonds. The zero-order chi connectivity index (χ0) is 8.43. The van der Waals surface area contributed by atoms with Crippen LogP contribution >= 0.6 is 23.2 Å². The zero-order valence-electron chi connectivity index (χ0n) is 6.20. The van der Waals surface area contributed by atoms with Gasteiger partial charge in [-0.3, -0.25) is 0 Å². The lowest BCUT2D eigenvalue weighted by molar-refractivity contribution is 1.58. The van der Waals surface area contributed by atoms with Gasteiger partial charge in [-0.2, -0.15) is 0 Å². The molecule has 0 aromatic heterocycles. The van der Waals surface area contributed by atoms with E-state index in [1.165, 1.54) is 0 Å². The standard InChI is InChI=1S/C9H8Cl2/c1-6(2)8-4-3-7(10)5-9(8)11/h3-5H,1H2,2H3. The second-order valence-corrected chi connectivity index (χ2v) is 3.25. The van der Waals surface area contributed by atoms with E-state index < -0.39 is 0 Å². The minimum atomic E-state index is 0.653. The Bertz CT molecular complexity index is 290. The Morgan fingerprint density at radius 1 is 1.36 bits per heavy atom. The van der Waals surface area contributed by atoms with Crippen LogP contribution in [0.4, 0.5) is 0 Å². The Morgan fingerprint density at radius 2 is 2.00 bits per heavy atom. The van der Waals surface area contributed by atoms with Crippen LogP contribution in [0.15, 0.2) is 24.8 Å². The fraction of sp³-hybridized carbons (Fsp3) is 0.111. The van der Waals surface area contributed by atoms with E-state index in [1.54, 1.807) is 12.1 Å². The average Bonchev–Trinajstić information content (AvgIpc) is 1.85. The first kappa shape index (κ1) is 8.63. The summed E-state index contributed by atoms with van der Waals surface area (Å²) in [5.74, 6) is 0. The Balaban J connectivity index is 3.20. The largest absolute Gasteiger partial charge is 0.0955 e. The number of benzene rings is 1. The topological polar surface area (TPSA) is 0 Å². The summed E-state index contributed by atoms with van der Waals surface area (Å²) in [5.41, 5.74) is 1.91. The van der Waals surface area contributed by atoms with Gasteiger partial charge in [0.2, 0.25) is 0 Å². The van der Waals surface area contributed by atoms with Crippen molar-refractivity contribution in [1.82, 2.24) is 0 Å². The number of hydrogen-bond acceptors (Lipinski definition) is 0. The third-order valence-corrected chi connectivity index (χ3v) is 1.94. The lowest BCUT2D eigenvalue weighted by Crippen LogP contribution is -1.78. The number of hydrogen-bond donors (Lipinski definition) is 0. The van der Waals surface area contributed by atoms with Gasteiger partial charge in [-0.15, -0.1) is 0 Å². The molecule has 1 rings (SSSR count). The average molecular weight is 187 g/mol. The van der Waals surface area contributed by atoms with Gasteiger partial charge in [-0.25, -0.2) is 0 Å². The van der Waals surface area contributed by atoms with Gasteiger partial charge in [0.1, 0.15) is 0 Å². The lowest BCUT2D eigenvalue weighted by atomic mass is 10.1. The van der Waals surface area contributed by atoms with Gasteiger partial charge in [-0.1, -0.05) is 35.8 Å². The molecule has 0 bridgehead atoms. The molecular formula is C9H8Cl2. The summed E-state index contributed by atoms with van der Waals surface area (Å²) in [5, 5.41) is 1.31. The predicted molar refractivity (Wildman–Crippen MR) is 51.2 cm³/mol. The Morgan fingerprint density at radius 3 is 2.45 bits per heavy atom. The third kappa shape index (κ3) is 1.98. The van der Waals surface area contributed by atoms with E-state index in [1.807, 2.05) is 13.0 Å². The molecule has 11 heavy (non-hydrogen) atoms. The molecule has 0 aliphatic rings. The second kappa shape index (κ2) is 3.29. The van der Waals surface area contributed by atoms with Crippen LogP contribution in [0.3, 0.4) is 0 Å². The van der Waals surface area contributed by atoms with Crippen molar-refractivity contribution < 1.29 is 0 Å². The zero-order valence-corrected chi connectivity index (χ0v) is 7.71. The molecule has 0 spiro atoms. The van der Waals surface area contributed by atoms with Crippen LogP contribution in [0.2, 0.25) is 10.0 Å². The first-order valence-electron chi connectivity index (χ1n) is 3.22. The maximum absolute atomic E-state index is 5.88. The Kier molecular flexibility index (Phi) is 2.58. The highest BCUT2D eigenvalue weighted by molar-refractivity contribution is 6.35. The Hall–Kier alpha value is -0.460. The SMILES string of the molecule is C=C(C)c1ccc(Cl)cc1Cl. The van der Waals surface area contributed by atoms with E-state index in [4.69, 9.17) is 23.2 Å². The van der Waals surface area contributed by atoms with Crippen molar-refractivity contribution in [2.24, 2.45) is 0 Å². The van der Waals surface area contributed by atoms with E-state index >= 15 is 0 Å². The van der Waals surface area contributed by atoms with Crippen LogP contribution in [0.25, 0.3) is 5.57 Å². The summed E-state index contributed by atoms with van der Waals surface area (Å²) in [4.78, 5) is 0. The molecule has 0 atom stereocenters. The molecule has 0 radical (unpaired) electrons. The van der Waals surface area contributed by atoms with Gasteiger partial charge in [0.05, 0.1) is 0 Å². The molecule has 0 aliphatic heterocycles. The molecular weight excluding hydrogens is 179 g/mol. The van der Waals surface area contributed by atoms with Crippen LogP contribution in [0.5, 0.6) is 0 Å². The minimum Gasteiger partial charge on any atom is -0.0955 e. The summed E-state index contributed by atoms with van der Waals surface area (Å²) < 4.78 is 0. The van der Waals surface area contributed by atoms with Crippen molar-refractivity contribution in [3.63, 3.8) is 0 Å². The molecule has 0 unspecified atom stereocenters. The smallest absolute Gasteiger partial charge is 0.0495 e. The summed E-state index contributed by atoms with van der Waals surface area (Å²) >= 11 is 11.6. The van der Waals surface area contributed by atoms with Gasteiger partial charge in [0.15, 0.2) is 0 Å². The molecule has 58 valence electrons. The van der Waals surface area contributed by atoms with Crippen molar-refractivity contribution in [2.45, 2.75) is 6.92 Å². The van der Waals surface area contributed by atoms with E-state index in [0.29, 0.717) is 10.0 Å². The van der Waals surface area contributed by atoms with E-state index in [0.717, 1.165) is 11.1 Å². The Labute approximate surface area is 76.4 Å². The summed E-state index contributed by atoms with van der Waals surface area (Å²) in [6, 6.07) is 5.39. The fourth-order valence-electron chi connectivity index (χ4n) is 0.836. The molecule has 0 heterocycles. The highest BCUT2D eigenvalue weighted by Gasteiger charge is 1.99. The highest BCUT2D eigenvalue weighted by atomic mass is 35.5. The quantitative estimate of drug-likeness (QED) is 0.622. The van der Waals surface area contributed by atoms with E-state index in [9.17, 15) is 0 Å². The van der Waals surface area contributed by atoms with Crippen molar-refractivity contribution >= 4 is 28.8 Å². The van der Waals surface area contributed by atoms with Crippen molar-refractivity contribution in [1.29, 1.82) is 0 Å². The van der Waals surface area contributed by atoms with E-state index in [2.05, 4.69) is 6.58 Å². The van der Waals surface area contributed by atoms with Gasteiger partial charge >= 0.3 is 0 Å². The van der Waals surface area contributed by atoms with Crippen molar-refractivity contribution in [2.75, 3.05) is 0 Å². The van der Waals surface area contributed by atoms with Crippen LogP contribution < -0.4 is 0 Å². The van der Waals surface area contributed by atoms with Crippen LogP contribution in [-0.4, -0.2) is 0 Å². The minimum absolute atomic E-state index is 0.653. The van der Waals surface area contributed by atoms with Gasteiger partial charge in [0.25, 0.3) is 0 Å². The van der Waals surface area contributed by atoms with Gasteiger partial charge in [0, 0.05) is 10.0 Å². The molecule has 0 N–H and O–H groups in total. The number of halogens is 2. The molecule has 0 nitrogen and oxygen atoms in total. The third-order valence-electron chi connectivity index (χ3n) is 1.39. The highest BCUT2D eigenvalue weighted by Crippen LogP contribution is 2.25. The molecule has 1 aromatic rings. The molecule has 0 saturated heterocycles. The van der Waals surface area contributed by atoms with Gasteiger partial charge < -0.3 is 0 Å². The molecule has 1 aromatic carbocycles. The van der Waals surface area contributed by atoms with Crippen molar-refractivity contribution in [3.8, 4) is 0 Å². The molecule has 0 saturated carbocycles. The molecule has 0 aliphatic carbocycles. The van der Waals surface area contributed by atoms with Gasteiger partial charge in [-0.05, 0) is 30.2 Å². The first-order valence-corrected chi connectivity index (χ1v) is 3.98. The second-order valence-electron chi connectivity index (χ2n) is 2.40. The normalized spacial score (nSPS) is 9.73. The van der Waals surface area contributed by atoms with Crippen LogP contribution in [0, 0.1) is 0 Å². The summed E-state index contributed by atoms with van der Waals surface area (Å²) in [6.45, 7) is 5.70. The summed E-state index contributed by atoms with van der Waals surface area (Å²) in [6.07, 6.45) is 0. The van der Waals surface area contributed by atoms with Crippen LogP contribution in [0.1, 0.15) is 12.5 Å². The fourth-order valence-corrected chi connectivity index (χ4v) is 1.41. The van der Waals surface area contributed by atoms with E-state index in [-0.39, 0.29) is 0 Å². The van der Waals surface area contributed by atoms with Crippen molar-refractivity contribution in [3.05, 3.63) is 40.4 Å². The maximum Gasteiger partial charge on any atom is 0.0495 e. The first-order chi connectivity index (χ1) is 5.11. The molecule has 2 heteroatoms. The summed E-state index contributed by atoms with van der Waals surface area (Å²) in [7, 11) is 0. The monoisotopic (exact) mass is 186 g/mol. The predicted octanol–water partition coefficient (Wildman–Crippen LogP) is 4.03. The lowest BCUT2D eigenvalue weighted by Gasteiger charge is -2.02. The maximum atomic E-state index is 5.88. The van der Waals surface area contributed by atoms with Crippen LogP contribution in [-0.2, 0) is 0 Å². The number of rotatable bonds is 1.